The molecular formula is C26H30ClN3O3. The molecule has 2 aromatic heterocycles. The van der Waals surface area contributed by atoms with E-state index in [2.05, 4.69) is 19.2 Å². The highest BCUT2D eigenvalue weighted by atomic mass is 35.5. The lowest BCUT2D eigenvalue weighted by molar-refractivity contribution is -0.134. The number of aromatic nitrogens is 1. The van der Waals surface area contributed by atoms with Crippen molar-refractivity contribution in [3.8, 4) is 0 Å². The molecule has 2 amide bonds. The SMILES string of the molecule is C[C@@H]1[C@H](C)CCC[C@@H]1NC(=O)[C@]1(C)Cn2c(cc3occc32)C(=O)N1Cc1ccccc1Cl. The van der Waals surface area contributed by atoms with Crippen molar-refractivity contribution in [2.45, 2.75) is 64.7 Å². The van der Waals surface area contributed by atoms with E-state index in [-0.39, 0.29) is 24.4 Å². The van der Waals surface area contributed by atoms with Crippen LogP contribution in [0.4, 0.5) is 0 Å². The van der Waals surface area contributed by atoms with Crippen LogP contribution < -0.4 is 5.32 Å². The lowest BCUT2D eigenvalue weighted by atomic mass is 9.77. The Balaban J connectivity index is 1.54. The first kappa shape index (κ1) is 22.1. The van der Waals surface area contributed by atoms with Gasteiger partial charge in [0.1, 0.15) is 11.2 Å². The average Bonchev–Trinajstić information content (AvgIpc) is 3.38. The van der Waals surface area contributed by atoms with E-state index in [0.29, 0.717) is 34.7 Å². The summed E-state index contributed by atoms with van der Waals surface area (Å²) in [5.74, 6) is 0.635. The number of fused-ring (bicyclic) bond motifs is 3. The summed E-state index contributed by atoms with van der Waals surface area (Å²) in [4.78, 5) is 29.3. The molecule has 3 heterocycles. The molecule has 6 nitrogen and oxygen atoms in total. The number of amides is 2. The highest BCUT2D eigenvalue weighted by molar-refractivity contribution is 6.31. The van der Waals surface area contributed by atoms with Gasteiger partial charge >= 0.3 is 0 Å². The summed E-state index contributed by atoms with van der Waals surface area (Å²) in [7, 11) is 0. The maximum atomic E-state index is 13.9. The fourth-order valence-electron chi connectivity index (χ4n) is 5.43. The summed E-state index contributed by atoms with van der Waals surface area (Å²) in [5, 5.41) is 3.90. The number of benzene rings is 1. The molecule has 0 spiro atoms. The standard InChI is InChI=1S/C26H30ClN3O3/c1-16-7-6-10-20(17(16)2)28-25(32)26(3)15-29-21-11-12-33-23(21)13-22(29)24(31)30(26)14-18-8-4-5-9-19(18)27/h4-5,8-9,11-13,16-17,20H,6-7,10,14-15H2,1-3H3,(H,28,32)/t16-,17-,20+,26+/m1/s1. The Morgan fingerprint density at radius 3 is 2.82 bits per heavy atom. The molecule has 0 saturated heterocycles. The third kappa shape index (κ3) is 3.65. The van der Waals surface area contributed by atoms with Crippen molar-refractivity contribution in [1.29, 1.82) is 0 Å². The summed E-state index contributed by atoms with van der Waals surface area (Å²) in [5.41, 5.74) is 1.74. The number of nitrogens with zero attached hydrogens (tertiary/aromatic N) is 2. The Morgan fingerprint density at radius 2 is 2.03 bits per heavy atom. The van der Waals surface area contributed by atoms with Gasteiger partial charge in [-0.3, -0.25) is 9.59 Å². The Bertz CT molecular complexity index is 1210. The summed E-state index contributed by atoms with van der Waals surface area (Å²) in [6, 6.07) is 11.2. The van der Waals surface area contributed by atoms with Gasteiger partial charge in [0, 0.05) is 29.7 Å². The van der Waals surface area contributed by atoms with Gasteiger partial charge in [-0.05, 0) is 36.8 Å². The minimum absolute atomic E-state index is 0.107. The van der Waals surface area contributed by atoms with Crippen LogP contribution in [0.15, 0.2) is 47.1 Å². The molecule has 4 atom stereocenters. The number of carbonyl (C=O) groups excluding carboxylic acids is 2. The van der Waals surface area contributed by atoms with Crippen molar-refractivity contribution in [1.82, 2.24) is 14.8 Å². The number of hydrogen-bond donors (Lipinski definition) is 1. The Kier molecular flexibility index (Phi) is 5.52. The first-order valence-electron chi connectivity index (χ1n) is 11.7. The summed E-state index contributed by atoms with van der Waals surface area (Å²) >= 11 is 6.44. The first-order valence-corrected chi connectivity index (χ1v) is 12.1. The number of rotatable bonds is 4. The molecule has 1 saturated carbocycles. The lowest BCUT2D eigenvalue weighted by Crippen LogP contribution is -2.65. The van der Waals surface area contributed by atoms with Gasteiger partial charge in [-0.2, -0.15) is 0 Å². The molecule has 0 bridgehead atoms. The van der Waals surface area contributed by atoms with Gasteiger partial charge in [-0.25, -0.2) is 0 Å². The summed E-state index contributed by atoms with van der Waals surface area (Å²) < 4.78 is 7.47. The van der Waals surface area contributed by atoms with Crippen LogP contribution in [-0.2, 0) is 17.9 Å². The van der Waals surface area contributed by atoms with Crippen LogP contribution in [0.3, 0.4) is 0 Å². The highest BCUT2D eigenvalue weighted by Crippen LogP contribution is 2.36. The largest absolute Gasteiger partial charge is 0.463 e. The van der Waals surface area contributed by atoms with Gasteiger partial charge < -0.3 is 19.2 Å². The molecule has 2 aliphatic rings. The van der Waals surface area contributed by atoms with E-state index < -0.39 is 5.54 Å². The van der Waals surface area contributed by atoms with E-state index in [1.165, 1.54) is 6.42 Å². The van der Waals surface area contributed by atoms with Crippen LogP contribution in [0.25, 0.3) is 11.1 Å². The first-order chi connectivity index (χ1) is 15.8. The van der Waals surface area contributed by atoms with E-state index in [0.717, 1.165) is 23.9 Å². The smallest absolute Gasteiger partial charge is 0.271 e. The van der Waals surface area contributed by atoms with Crippen molar-refractivity contribution < 1.29 is 14.0 Å². The average molecular weight is 468 g/mol. The second-order valence-corrected chi connectivity index (χ2v) is 10.3. The lowest BCUT2D eigenvalue weighted by Gasteiger charge is -2.45. The minimum Gasteiger partial charge on any atom is -0.463 e. The molecule has 1 aromatic carbocycles. The van der Waals surface area contributed by atoms with Gasteiger partial charge in [0.15, 0.2) is 5.58 Å². The quantitative estimate of drug-likeness (QED) is 0.570. The Morgan fingerprint density at radius 1 is 1.24 bits per heavy atom. The molecule has 7 heteroatoms. The van der Waals surface area contributed by atoms with E-state index in [1.807, 2.05) is 41.8 Å². The number of nitrogens with one attached hydrogen (secondary N) is 1. The predicted octanol–water partition coefficient (Wildman–Crippen LogP) is 5.24. The molecular weight excluding hydrogens is 438 g/mol. The molecule has 33 heavy (non-hydrogen) atoms. The molecule has 1 aliphatic heterocycles. The fourth-order valence-corrected chi connectivity index (χ4v) is 5.62. The third-order valence-electron chi connectivity index (χ3n) is 7.85. The molecule has 1 N–H and O–H groups in total. The molecule has 174 valence electrons. The topological polar surface area (TPSA) is 67.5 Å². The van der Waals surface area contributed by atoms with Crippen LogP contribution in [-0.4, -0.2) is 32.9 Å². The molecule has 0 unspecified atom stereocenters. The second-order valence-electron chi connectivity index (χ2n) is 9.89. The summed E-state index contributed by atoms with van der Waals surface area (Å²) in [6.07, 6.45) is 4.87. The zero-order chi connectivity index (χ0) is 23.3. The van der Waals surface area contributed by atoms with Crippen molar-refractivity contribution >= 4 is 34.5 Å². The van der Waals surface area contributed by atoms with E-state index in [4.69, 9.17) is 16.0 Å². The number of halogens is 1. The van der Waals surface area contributed by atoms with Gasteiger partial charge in [0.05, 0.1) is 18.3 Å². The monoisotopic (exact) mass is 467 g/mol. The van der Waals surface area contributed by atoms with E-state index in [1.54, 1.807) is 17.2 Å². The minimum atomic E-state index is -1.08. The second kappa shape index (κ2) is 8.24. The number of furan rings is 1. The highest BCUT2D eigenvalue weighted by Gasteiger charge is 2.49. The van der Waals surface area contributed by atoms with Crippen LogP contribution in [0, 0.1) is 11.8 Å². The van der Waals surface area contributed by atoms with Crippen LogP contribution in [0.2, 0.25) is 5.02 Å². The third-order valence-corrected chi connectivity index (χ3v) is 8.22. The van der Waals surface area contributed by atoms with Crippen LogP contribution in [0.1, 0.15) is 56.1 Å². The molecule has 1 aliphatic carbocycles. The maximum Gasteiger partial charge on any atom is 0.271 e. The normalized spacial score (nSPS) is 27.6. The van der Waals surface area contributed by atoms with Crippen LogP contribution in [0.5, 0.6) is 0 Å². The zero-order valence-electron chi connectivity index (χ0n) is 19.3. The fraction of sp³-hybridized carbons (Fsp3) is 0.462. The molecule has 1 fully saturated rings. The number of carbonyl (C=O) groups is 2. The van der Waals surface area contributed by atoms with Crippen molar-refractivity contribution in [2.24, 2.45) is 11.8 Å². The maximum absolute atomic E-state index is 13.9. The summed E-state index contributed by atoms with van der Waals surface area (Å²) in [6.45, 7) is 6.93. The van der Waals surface area contributed by atoms with Crippen molar-refractivity contribution in [2.75, 3.05) is 0 Å². The molecule has 5 rings (SSSR count). The Labute approximate surface area is 198 Å². The Hall–Kier alpha value is -2.73. The van der Waals surface area contributed by atoms with E-state index in [9.17, 15) is 9.59 Å². The van der Waals surface area contributed by atoms with E-state index >= 15 is 0 Å². The van der Waals surface area contributed by atoms with Gasteiger partial charge in [0.25, 0.3) is 5.91 Å². The van der Waals surface area contributed by atoms with Gasteiger partial charge in [-0.15, -0.1) is 0 Å². The zero-order valence-corrected chi connectivity index (χ0v) is 20.1. The van der Waals surface area contributed by atoms with Crippen molar-refractivity contribution in [3.05, 3.63) is 58.9 Å². The molecule has 0 radical (unpaired) electrons. The van der Waals surface area contributed by atoms with Gasteiger partial charge in [-0.1, -0.05) is 56.5 Å². The predicted molar refractivity (Wildman–Crippen MR) is 128 cm³/mol. The van der Waals surface area contributed by atoms with Gasteiger partial charge in [0.2, 0.25) is 5.91 Å². The molecule has 3 aromatic rings. The number of hydrogen-bond acceptors (Lipinski definition) is 3. The van der Waals surface area contributed by atoms with Crippen LogP contribution >= 0.6 is 11.6 Å². The van der Waals surface area contributed by atoms with Crippen molar-refractivity contribution in [3.63, 3.8) is 0 Å².